The van der Waals surface area contributed by atoms with Crippen LogP contribution in [0.15, 0.2) is 85.0 Å². The average Bonchev–Trinajstić information content (AvgIpc) is 3.13. The maximum atomic E-state index is 14.6. The number of rotatable bonds is 6. The van der Waals surface area contributed by atoms with E-state index in [2.05, 4.69) is 81.9 Å². The quantitative estimate of drug-likeness (QED) is 0.0441. The summed E-state index contributed by atoms with van der Waals surface area (Å²) in [5, 5.41) is 18.9. The van der Waals surface area contributed by atoms with Crippen LogP contribution in [-0.4, -0.2) is 43.1 Å². The number of aliphatic hydroxyl groups excluding tert-OH is 1. The Morgan fingerprint density at radius 1 is 0.710 bits per heavy atom. The van der Waals surface area contributed by atoms with Gasteiger partial charge in [-0.25, -0.2) is 37.0 Å². The summed E-state index contributed by atoms with van der Waals surface area (Å²) in [7, 11) is 4.48. The molecule has 0 saturated carbocycles. The number of ketones is 1. The second-order valence-electron chi connectivity index (χ2n) is 15.3. The number of aromatic carboxylic acids is 1. The Kier molecular flexibility index (Phi) is 22.1. The van der Waals surface area contributed by atoms with Gasteiger partial charge >= 0.3 is 5.97 Å². The third-order valence-corrected chi connectivity index (χ3v) is 12.5. The van der Waals surface area contributed by atoms with Crippen molar-refractivity contribution in [3.63, 3.8) is 0 Å². The van der Waals surface area contributed by atoms with Crippen molar-refractivity contribution >= 4 is 49.6 Å². The Bertz CT molecular complexity index is 2380. The third-order valence-electron chi connectivity index (χ3n) is 8.39. The molecule has 0 aliphatic carbocycles. The van der Waals surface area contributed by atoms with Gasteiger partial charge in [0.15, 0.2) is 5.78 Å². The summed E-state index contributed by atoms with van der Waals surface area (Å²) in [6.45, 7) is 37.3. The van der Waals surface area contributed by atoms with Gasteiger partial charge in [-0.05, 0) is 26.0 Å². The molecule has 3 aromatic heterocycles. The van der Waals surface area contributed by atoms with Crippen molar-refractivity contribution < 1.29 is 86.7 Å². The first kappa shape index (κ1) is 56.5. The number of hydrogen-bond acceptors (Lipinski definition) is 4. The van der Waals surface area contributed by atoms with Crippen molar-refractivity contribution in [2.75, 3.05) is 0 Å². The summed E-state index contributed by atoms with van der Waals surface area (Å²) in [5.41, 5.74) is 0.504. The minimum absolute atomic E-state index is 0. The number of carbonyl (C=O) groups excluding carboxylic acids is 1. The predicted molar refractivity (Wildman–Crippen MR) is 231 cm³/mol. The number of carboxylic acids is 1. The van der Waals surface area contributed by atoms with Gasteiger partial charge in [0.05, 0.1) is 82.1 Å². The fourth-order valence-corrected chi connectivity index (χ4v) is 7.57. The predicted octanol–water partition coefficient (Wildman–Crippen LogP) is 9.49. The third kappa shape index (κ3) is 15.4. The molecule has 62 heavy (non-hydrogen) atoms. The number of carbonyl (C=O) groups is 2. The molecule has 3 heterocycles. The van der Waals surface area contributed by atoms with Gasteiger partial charge in [-0.15, -0.1) is 12.1 Å². The van der Waals surface area contributed by atoms with Gasteiger partial charge in [0, 0.05) is 66.6 Å². The van der Waals surface area contributed by atoms with E-state index < -0.39 is 56.8 Å². The molecule has 2 aromatic carbocycles. The summed E-state index contributed by atoms with van der Waals surface area (Å²) < 4.78 is 59.5. The summed E-state index contributed by atoms with van der Waals surface area (Å²) in [5.74, 6) is -4.60. The summed E-state index contributed by atoms with van der Waals surface area (Å²) in [6.07, 6.45) is 6.12. The molecule has 0 atom stereocenters. The molecule has 2 radical (unpaired) electrons. The van der Waals surface area contributed by atoms with Crippen molar-refractivity contribution in [2.24, 2.45) is 0 Å². The first-order valence-corrected chi connectivity index (χ1v) is 25.0. The van der Waals surface area contributed by atoms with E-state index in [0.717, 1.165) is 22.5 Å². The van der Waals surface area contributed by atoms with Gasteiger partial charge in [-0.1, -0.05) is 91.1 Å². The zero-order valence-electron chi connectivity index (χ0n) is 35.5. The van der Waals surface area contributed by atoms with E-state index in [1.54, 1.807) is 24.5 Å². The fourth-order valence-electron chi connectivity index (χ4n) is 5.28. The first-order valence-electron chi connectivity index (χ1n) is 18.0. The molecular weight excluding hydrogens is 1190 g/mol. The van der Waals surface area contributed by atoms with Crippen LogP contribution in [0.2, 0.25) is 39.3 Å². The van der Waals surface area contributed by atoms with E-state index >= 15 is 0 Å². The Balaban J connectivity index is 0.000000872. The number of halogens is 4. The normalized spacial score (nSPS) is 10.6. The van der Waals surface area contributed by atoms with Crippen LogP contribution in [0.1, 0.15) is 35.5 Å². The molecule has 0 spiro atoms. The Labute approximate surface area is 390 Å². The number of aliphatic hydroxyl groups is 1. The average molecular weight is 1240 g/mol. The molecule has 9 nitrogen and oxygen atoms in total. The molecule has 0 fully saturated rings. The maximum Gasteiger partial charge on any atom is 0.354 e. The Hall–Kier alpha value is -5.52. The van der Waals surface area contributed by atoms with Crippen molar-refractivity contribution in [3.8, 4) is 22.5 Å². The molecule has 17 heteroatoms. The smallest absolute Gasteiger partial charge is 0.354 e. The fraction of sp³-hybridized carbons (Fsp3) is 0.178. The maximum absolute atomic E-state index is 14.6. The first-order chi connectivity index (χ1) is 27.8. The van der Waals surface area contributed by atoms with Crippen LogP contribution in [0, 0.1) is 64.4 Å². The van der Waals surface area contributed by atoms with Crippen LogP contribution < -0.4 is 19.5 Å². The van der Waals surface area contributed by atoms with Crippen molar-refractivity contribution in [1.82, 2.24) is 4.98 Å². The number of carboxylic acid groups (broad SMARTS) is 1. The van der Waals surface area contributed by atoms with Gasteiger partial charge < -0.3 is 19.3 Å². The largest absolute Gasteiger partial charge is 0.512 e. The van der Waals surface area contributed by atoms with E-state index in [4.69, 9.17) is 23.4 Å². The Morgan fingerprint density at radius 3 is 1.34 bits per heavy atom. The minimum atomic E-state index is -1.61. The molecule has 5 aromatic rings. The second-order valence-corrected chi connectivity index (χ2v) is 25.4. The zero-order chi connectivity index (χ0) is 45.9. The van der Waals surface area contributed by atoms with E-state index in [9.17, 15) is 27.2 Å². The molecule has 0 aliphatic rings. The van der Waals surface area contributed by atoms with Crippen LogP contribution >= 0.6 is 0 Å². The van der Waals surface area contributed by atoms with Crippen LogP contribution in [0.3, 0.4) is 0 Å². The number of hydrogen-bond donors (Lipinski definition) is 2. The van der Waals surface area contributed by atoms with Crippen LogP contribution in [-0.2, 0) is 45.0 Å². The molecule has 0 amide bonds. The van der Waals surface area contributed by atoms with E-state index in [0.29, 0.717) is 11.4 Å². The molecule has 332 valence electrons. The van der Waals surface area contributed by atoms with Gasteiger partial charge in [0.1, 0.15) is 5.69 Å². The van der Waals surface area contributed by atoms with Gasteiger partial charge in [-0.3, -0.25) is 4.79 Å². The number of benzene rings is 2. The van der Waals surface area contributed by atoms with Gasteiger partial charge in [-0.2, -0.15) is 25.0 Å². The Morgan fingerprint density at radius 2 is 1.10 bits per heavy atom. The second kappa shape index (κ2) is 24.2. The number of allylic oxidation sites excluding steroid dienone is 2. The standard InChI is InChI=1S/2C17H17F2N2Si.C6H5NO2.C5H8O2.2Ir/c2*1-11-9-13(18)17(20-2)16(19)15(11)14-10-12(22(4,5)6)7-8-21(14)3;8-6(9)5-3-1-2-4-7-5;1-4(6)3-5(2)7;;/h2*7-10H,1,3H2,4-6H3;1-4H,(H,8,9);3,6H,1-2H3;;/q2*-1;;;;. The van der Waals surface area contributed by atoms with E-state index in [1.165, 1.54) is 41.3 Å². The van der Waals surface area contributed by atoms with Crippen LogP contribution in [0.25, 0.3) is 32.2 Å². The molecule has 0 unspecified atom stereocenters. The summed E-state index contributed by atoms with van der Waals surface area (Å²) in [4.78, 5) is 29.6. The molecule has 5 rings (SSSR count). The molecule has 0 saturated heterocycles. The minimum Gasteiger partial charge on any atom is -0.512 e. The molecule has 2 N–H and O–H groups in total. The molecular formula is C45H47F4Ir2N5O4Si2-2. The van der Waals surface area contributed by atoms with Crippen molar-refractivity contribution in [2.45, 2.75) is 53.1 Å². The van der Waals surface area contributed by atoms with E-state index in [1.807, 2.05) is 24.3 Å². The van der Waals surface area contributed by atoms with Crippen LogP contribution in [0.5, 0.6) is 0 Å². The number of nitrogens with zero attached hydrogens (tertiary/aromatic N) is 5. The monoisotopic (exact) mass is 1240 g/mol. The zero-order valence-corrected chi connectivity index (χ0v) is 42.2. The van der Waals surface area contributed by atoms with E-state index in [-0.39, 0.29) is 79.7 Å². The van der Waals surface area contributed by atoms with Gasteiger partial charge in [0.2, 0.25) is 11.4 Å². The number of aromatic nitrogens is 3. The van der Waals surface area contributed by atoms with Crippen LogP contribution in [0.4, 0.5) is 28.9 Å². The molecule has 0 bridgehead atoms. The van der Waals surface area contributed by atoms with Gasteiger partial charge in [0.25, 0.3) is 0 Å². The van der Waals surface area contributed by atoms with Crippen molar-refractivity contribution in [1.29, 1.82) is 0 Å². The van der Waals surface area contributed by atoms with Crippen molar-refractivity contribution in [3.05, 3.63) is 176 Å². The summed E-state index contributed by atoms with van der Waals surface area (Å²) >= 11 is 0. The topological polar surface area (TPSA) is 104 Å². The molecule has 0 aliphatic heterocycles. The number of pyridine rings is 3. The SMILES string of the molecule is CC(=O)C=C(C)O.O=C(O)c1ccccn1.[C-]#[N+]c1c(F)cc([CH2-])c(-c2cc([Si](C)(C)C)cc[n+]2[CH2-])c1F.[C-]#[N+]c1c(F)cc([CH2-])c(-c2cc([Si](C)(C)C)cc[n+]2[CH2-])c1F.[Ir].[Ir]. The summed E-state index contributed by atoms with van der Waals surface area (Å²) in [6, 6.07) is 14.6.